The average molecular weight is 471 g/mol. The SMILES string of the molecule is COc1ccc(-c2nn(-c3ccccc3)cc2C(=O)NCc2cccc(NC(C)=O)c2)c(OC)c1. The number of anilines is 1. The first-order chi connectivity index (χ1) is 17.0. The van der Waals surface area contributed by atoms with Crippen LogP contribution >= 0.6 is 0 Å². The van der Waals surface area contributed by atoms with Gasteiger partial charge in [0.25, 0.3) is 5.91 Å². The number of rotatable bonds is 8. The van der Waals surface area contributed by atoms with Crippen molar-refractivity contribution in [2.24, 2.45) is 0 Å². The Balaban J connectivity index is 1.68. The predicted molar refractivity (Wildman–Crippen MR) is 134 cm³/mol. The second-order valence-electron chi connectivity index (χ2n) is 7.80. The monoisotopic (exact) mass is 470 g/mol. The zero-order chi connectivity index (χ0) is 24.8. The van der Waals surface area contributed by atoms with Crippen LogP contribution in [0, 0.1) is 0 Å². The number of hydrogen-bond acceptors (Lipinski definition) is 5. The molecule has 1 aromatic heterocycles. The molecule has 0 fully saturated rings. The topological polar surface area (TPSA) is 94.5 Å². The summed E-state index contributed by atoms with van der Waals surface area (Å²) in [6.45, 7) is 1.73. The van der Waals surface area contributed by atoms with Crippen molar-refractivity contribution in [1.29, 1.82) is 0 Å². The highest BCUT2D eigenvalue weighted by atomic mass is 16.5. The first kappa shape index (κ1) is 23.6. The zero-order valence-corrected chi connectivity index (χ0v) is 19.7. The number of hydrogen-bond donors (Lipinski definition) is 2. The summed E-state index contributed by atoms with van der Waals surface area (Å²) in [6, 6.07) is 22.3. The fourth-order valence-corrected chi connectivity index (χ4v) is 3.69. The Morgan fingerprint density at radius 3 is 2.46 bits per heavy atom. The van der Waals surface area contributed by atoms with Gasteiger partial charge in [0, 0.05) is 37.0 Å². The van der Waals surface area contributed by atoms with E-state index in [0.717, 1.165) is 11.3 Å². The minimum atomic E-state index is -0.287. The van der Waals surface area contributed by atoms with Gasteiger partial charge in [-0.2, -0.15) is 5.10 Å². The number of carbonyl (C=O) groups excluding carboxylic acids is 2. The summed E-state index contributed by atoms with van der Waals surface area (Å²) in [5.74, 6) is 0.737. The van der Waals surface area contributed by atoms with Crippen molar-refractivity contribution in [2.45, 2.75) is 13.5 Å². The zero-order valence-electron chi connectivity index (χ0n) is 19.7. The smallest absolute Gasteiger partial charge is 0.255 e. The summed E-state index contributed by atoms with van der Waals surface area (Å²) in [4.78, 5) is 24.7. The van der Waals surface area contributed by atoms with Gasteiger partial charge in [0.15, 0.2) is 0 Å². The molecule has 4 aromatic rings. The molecule has 0 unspecified atom stereocenters. The van der Waals surface area contributed by atoms with Gasteiger partial charge in [-0.15, -0.1) is 0 Å². The van der Waals surface area contributed by atoms with Crippen molar-refractivity contribution in [2.75, 3.05) is 19.5 Å². The van der Waals surface area contributed by atoms with E-state index in [0.29, 0.717) is 34.0 Å². The van der Waals surface area contributed by atoms with Crippen molar-refractivity contribution in [3.63, 3.8) is 0 Å². The second kappa shape index (κ2) is 10.6. The molecule has 0 saturated carbocycles. The molecule has 0 spiro atoms. The van der Waals surface area contributed by atoms with Crippen LogP contribution in [0.5, 0.6) is 11.5 Å². The molecule has 8 nitrogen and oxygen atoms in total. The number of nitrogens with one attached hydrogen (secondary N) is 2. The van der Waals surface area contributed by atoms with E-state index < -0.39 is 0 Å². The molecule has 1 heterocycles. The quantitative estimate of drug-likeness (QED) is 0.397. The van der Waals surface area contributed by atoms with Crippen LogP contribution in [0.2, 0.25) is 0 Å². The van der Waals surface area contributed by atoms with Gasteiger partial charge >= 0.3 is 0 Å². The molecule has 0 radical (unpaired) electrons. The lowest BCUT2D eigenvalue weighted by Crippen LogP contribution is -2.23. The molecule has 4 rings (SSSR count). The molecule has 35 heavy (non-hydrogen) atoms. The Bertz CT molecular complexity index is 1350. The van der Waals surface area contributed by atoms with E-state index in [2.05, 4.69) is 10.6 Å². The van der Waals surface area contributed by atoms with Crippen molar-refractivity contribution >= 4 is 17.5 Å². The van der Waals surface area contributed by atoms with Gasteiger partial charge in [-0.25, -0.2) is 4.68 Å². The first-order valence-electron chi connectivity index (χ1n) is 11.0. The third-order valence-electron chi connectivity index (χ3n) is 5.34. The molecule has 0 atom stereocenters. The number of para-hydroxylation sites is 1. The maximum atomic E-state index is 13.3. The maximum Gasteiger partial charge on any atom is 0.255 e. The highest BCUT2D eigenvalue weighted by molar-refractivity contribution is 6.00. The lowest BCUT2D eigenvalue weighted by atomic mass is 10.1. The van der Waals surface area contributed by atoms with Crippen LogP contribution in [0.15, 0.2) is 79.0 Å². The second-order valence-corrected chi connectivity index (χ2v) is 7.80. The van der Waals surface area contributed by atoms with Crippen LogP contribution < -0.4 is 20.1 Å². The van der Waals surface area contributed by atoms with Crippen LogP contribution in [0.1, 0.15) is 22.8 Å². The lowest BCUT2D eigenvalue weighted by Gasteiger charge is -2.11. The third-order valence-corrected chi connectivity index (χ3v) is 5.34. The Kier molecular flexibility index (Phi) is 7.11. The van der Waals surface area contributed by atoms with Crippen LogP contribution in [-0.4, -0.2) is 35.8 Å². The normalized spacial score (nSPS) is 10.5. The standard InChI is InChI=1S/C27H26N4O4/c1-18(32)29-20-9-7-8-19(14-20)16-28-27(33)24-17-31(21-10-5-4-6-11-21)30-26(24)23-13-12-22(34-2)15-25(23)35-3/h4-15,17H,16H2,1-3H3,(H,28,33)(H,29,32). The molecule has 2 amide bonds. The largest absolute Gasteiger partial charge is 0.497 e. The molecule has 0 aliphatic carbocycles. The molecule has 178 valence electrons. The van der Waals surface area contributed by atoms with Gasteiger partial charge in [0.1, 0.15) is 17.2 Å². The number of aromatic nitrogens is 2. The highest BCUT2D eigenvalue weighted by Crippen LogP contribution is 2.35. The van der Waals surface area contributed by atoms with Crippen LogP contribution in [-0.2, 0) is 11.3 Å². The van der Waals surface area contributed by atoms with Gasteiger partial charge in [0.05, 0.1) is 25.5 Å². The van der Waals surface area contributed by atoms with Crippen LogP contribution in [0.25, 0.3) is 16.9 Å². The summed E-state index contributed by atoms with van der Waals surface area (Å²) in [6.07, 6.45) is 1.71. The van der Waals surface area contributed by atoms with E-state index in [4.69, 9.17) is 14.6 Å². The van der Waals surface area contributed by atoms with Gasteiger partial charge < -0.3 is 20.1 Å². The molecular weight excluding hydrogens is 444 g/mol. The molecule has 3 aromatic carbocycles. The number of methoxy groups -OCH3 is 2. The molecule has 8 heteroatoms. The highest BCUT2D eigenvalue weighted by Gasteiger charge is 2.21. The van der Waals surface area contributed by atoms with E-state index in [-0.39, 0.29) is 18.4 Å². The maximum absolute atomic E-state index is 13.3. The Morgan fingerprint density at radius 1 is 0.943 bits per heavy atom. The van der Waals surface area contributed by atoms with Crippen molar-refractivity contribution < 1.29 is 19.1 Å². The molecule has 0 aliphatic rings. The van der Waals surface area contributed by atoms with Gasteiger partial charge in [-0.3, -0.25) is 9.59 Å². The molecule has 0 bridgehead atoms. The van der Waals surface area contributed by atoms with E-state index in [9.17, 15) is 9.59 Å². The summed E-state index contributed by atoms with van der Waals surface area (Å²) < 4.78 is 12.6. The van der Waals surface area contributed by atoms with E-state index in [1.807, 2.05) is 54.6 Å². The number of ether oxygens (including phenoxy) is 2. The van der Waals surface area contributed by atoms with E-state index in [1.54, 1.807) is 43.3 Å². The lowest BCUT2D eigenvalue weighted by molar-refractivity contribution is -0.114. The minimum absolute atomic E-state index is 0.155. The van der Waals surface area contributed by atoms with Crippen molar-refractivity contribution in [3.8, 4) is 28.4 Å². The Morgan fingerprint density at radius 2 is 1.74 bits per heavy atom. The number of benzene rings is 3. The molecule has 0 aliphatic heterocycles. The number of nitrogens with zero attached hydrogens (tertiary/aromatic N) is 2. The Hall–Kier alpha value is -4.59. The van der Waals surface area contributed by atoms with Crippen molar-refractivity contribution in [3.05, 3.63) is 90.1 Å². The van der Waals surface area contributed by atoms with Gasteiger partial charge in [-0.05, 0) is 42.0 Å². The van der Waals surface area contributed by atoms with Crippen LogP contribution in [0.3, 0.4) is 0 Å². The summed E-state index contributed by atoms with van der Waals surface area (Å²) in [7, 11) is 3.15. The van der Waals surface area contributed by atoms with Crippen molar-refractivity contribution in [1.82, 2.24) is 15.1 Å². The summed E-state index contributed by atoms with van der Waals surface area (Å²) in [5.41, 5.74) is 3.89. The van der Waals surface area contributed by atoms with Crippen LogP contribution in [0.4, 0.5) is 5.69 Å². The predicted octanol–water partition coefficient (Wildman–Crippen LogP) is 4.44. The molecule has 0 saturated heterocycles. The molecular formula is C27H26N4O4. The van der Waals surface area contributed by atoms with Gasteiger partial charge in [-0.1, -0.05) is 30.3 Å². The summed E-state index contributed by atoms with van der Waals surface area (Å²) >= 11 is 0. The van der Waals surface area contributed by atoms with E-state index >= 15 is 0 Å². The fraction of sp³-hybridized carbons (Fsp3) is 0.148. The Labute approximate surface area is 203 Å². The number of amides is 2. The fourth-order valence-electron chi connectivity index (χ4n) is 3.69. The summed E-state index contributed by atoms with van der Waals surface area (Å²) in [5, 5.41) is 10.4. The first-order valence-corrected chi connectivity index (χ1v) is 11.0. The van der Waals surface area contributed by atoms with E-state index in [1.165, 1.54) is 6.92 Å². The minimum Gasteiger partial charge on any atom is -0.497 e. The average Bonchev–Trinajstić information content (AvgIpc) is 3.32. The van der Waals surface area contributed by atoms with Gasteiger partial charge in [0.2, 0.25) is 5.91 Å². The number of carbonyl (C=O) groups is 2. The third kappa shape index (κ3) is 5.50. The molecule has 2 N–H and O–H groups in total.